The molecule has 28 heavy (non-hydrogen) atoms. The first-order valence-corrected chi connectivity index (χ1v) is 8.16. The normalized spacial score (nSPS) is 11.3. The smallest absolute Gasteiger partial charge is 0.322 e. The highest BCUT2D eigenvalue weighted by atomic mass is 16.6. The second-order valence-corrected chi connectivity index (χ2v) is 5.88. The Labute approximate surface area is 159 Å². The monoisotopic (exact) mass is 386 g/mol. The number of benzene rings is 2. The van der Waals surface area contributed by atoms with Crippen molar-refractivity contribution in [3.05, 3.63) is 69.8 Å². The van der Waals surface area contributed by atoms with Crippen LogP contribution in [0, 0.1) is 10.1 Å². The Kier molecular flexibility index (Phi) is 6.77. The first-order valence-electron chi connectivity index (χ1n) is 8.16. The van der Waals surface area contributed by atoms with E-state index in [9.17, 15) is 24.5 Å². The fourth-order valence-corrected chi connectivity index (χ4v) is 2.30. The molecule has 1 unspecified atom stereocenters. The van der Waals surface area contributed by atoms with E-state index in [-0.39, 0.29) is 17.7 Å². The van der Waals surface area contributed by atoms with E-state index in [1.807, 2.05) is 0 Å². The lowest BCUT2D eigenvalue weighted by Crippen LogP contribution is -2.43. The maximum absolute atomic E-state index is 12.2. The van der Waals surface area contributed by atoms with Crippen molar-refractivity contribution in [2.45, 2.75) is 12.5 Å². The lowest BCUT2D eigenvalue weighted by atomic mass is 10.1. The Balaban J connectivity index is 1.93. The molecule has 2 aromatic rings. The predicted octanol–water partition coefficient (Wildman–Crippen LogP) is 0.918. The minimum atomic E-state index is -1.16. The highest BCUT2D eigenvalue weighted by molar-refractivity contribution is 6.04. The first kappa shape index (κ1) is 20.5. The van der Waals surface area contributed by atoms with Crippen LogP contribution in [0.2, 0.25) is 0 Å². The van der Waals surface area contributed by atoms with Crippen LogP contribution in [0.3, 0.4) is 0 Å². The van der Waals surface area contributed by atoms with Gasteiger partial charge in [-0.2, -0.15) is 0 Å². The van der Waals surface area contributed by atoms with Crippen LogP contribution in [0.4, 0.5) is 11.4 Å². The summed E-state index contributed by atoms with van der Waals surface area (Å²) in [6, 6.07) is 10.9. The van der Waals surface area contributed by atoms with E-state index < -0.39 is 35.3 Å². The van der Waals surface area contributed by atoms with E-state index >= 15 is 0 Å². The molecule has 0 aromatic heterocycles. The van der Waals surface area contributed by atoms with Crippen molar-refractivity contribution in [1.82, 2.24) is 5.32 Å². The number of nitro benzene ring substituents is 1. The minimum Gasteiger partial charge on any atom is -0.480 e. The average molecular weight is 386 g/mol. The Morgan fingerprint density at radius 2 is 1.68 bits per heavy atom. The number of aliphatic carboxylic acids is 1. The number of nitrogens with two attached hydrogens (primary N) is 1. The average Bonchev–Trinajstić information content (AvgIpc) is 2.67. The molecule has 10 nitrogen and oxygen atoms in total. The Morgan fingerprint density at radius 1 is 1.07 bits per heavy atom. The summed E-state index contributed by atoms with van der Waals surface area (Å²) in [7, 11) is 0. The molecule has 0 bridgehead atoms. The van der Waals surface area contributed by atoms with Gasteiger partial charge in [-0.05, 0) is 36.2 Å². The van der Waals surface area contributed by atoms with Gasteiger partial charge in [0, 0.05) is 23.4 Å². The van der Waals surface area contributed by atoms with Gasteiger partial charge >= 0.3 is 5.97 Å². The third kappa shape index (κ3) is 5.88. The van der Waals surface area contributed by atoms with Gasteiger partial charge in [0.2, 0.25) is 5.91 Å². The lowest BCUT2D eigenvalue weighted by Gasteiger charge is -2.12. The third-order valence-electron chi connectivity index (χ3n) is 3.76. The number of nitro groups is 1. The molecule has 0 aliphatic rings. The highest BCUT2D eigenvalue weighted by Gasteiger charge is 2.15. The van der Waals surface area contributed by atoms with Gasteiger partial charge in [-0.1, -0.05) is 12.1 Å². The molecule has 2 amide bonds. The fourth-order valence-electron chi connectivity index (χ4n) is 2.30. The van der Waals surface area contributed by atoms with Crippen LogP contribution < -0.4 is 16.4 Å². The SMILES string of the molecule is NC(Cc1ccc(NC(=O)c2ccc([N+](=O)[O-])cc2)cc1)C(=O)NCC(=O)O. The molecular formula is C18H18N4O6. The summed E-state index contributed by atoms with van der Waals surface area (Å²) in [6.45, 7) is -0.500. The molecule has 2 rings (SSSR count). The Bertz CT molecular complexity index is 880. The molecule has 146 valence electrons. The fraction of sp³-hybridized carbons (Fsp3) is 0.167. The van der Waals surface area contributed by atoms with Gasteiger partial charge in [-0.15, -0.1) is 0 Å². The number of non-ortho nitro benzene ring substituents is 1. The number of carboxylic acid groups (broad SMARTS) is 1. The highest BCUT2D eigenvalue weighted by Crippen LogP contribution is 2.15. The molecule has 0 spiro atoms. The van der Waals surface area contributed by atoms with Crippen molar-refractivity contribution in [2.24, 2.45) is 5.73 Å². The number of carbonyl (C=O) groups excluding carboxylic acids is 2. The largest absolute Gasteiger partial charge is 0.480 e. The molecule has 0 fully saturated rings. The van der Waals surface area contributed by atoms with Crippen molar-refractivity contribution < 1.29 is 24.4 Å². The number of hydrogen-bond acceptors (Lipinski definition) is 6. The maximum atomic E-state index is 12.2. The Hall–Kier alpha value is -3.79. The van der Waals surface area contributed by atoms with Crippen LogP contribution in [0.25, 0.3) is 0 Å². The molecule has 0 heterocycles. The van der Waals surface area contributed by atoms with Crippen molar-refractivity contribution in [2.75, 3.05) is 11.9 Å². The van der Waals surface area contributed by atoms with Crippen molar-refractivity contribution in [3.8, 4) is 0 Å². The molecule has 2 aromatic carbocycles. The van der Waals surface area contributed by atoms with E-state index in [4.69, 9.17) is 10.8 Å². The molecule has 0 saturated heterocycles. The van der Waals surface area contributed by atoms with E-state index in [0.717, 1.165) is 5.56 Å². The molecular weight excluding hydrogens is 368 g/mol. The summed E-state index contributed by atoms with van der Waals surface area (Å²) in [4.78, 5) is 44.4. The van der Waals surface area contributed by atoms with E-state index in [2.05, 4.69) is 10.6 Å². The van der Waals surface area contributed by atoms with E-state index in [1.54, 1.807) is 24.3 Å². The van der Waals surface area contributed by atoms with Crippen molar-refractivity contribution >= 4 is 29.2 Å². The first-order chi connectivity index (χ1) is 13.3. The number of rotatable bonds is 8. The van der Waals surface area contributed by atoms with Crippen LogP contribution in [-0.2, 0) is 16.0 Å². The topological polar surface area (TPSA) is 165 Å². The number of amides is 2. The lowest BCUT2D eigenvalue weighted by molar-refractivity contribution is -0.384. The maximum Gasteiger partial charge on any atom is 0.322 e. The quantitative estimate of drug-likeness (QED) is 0.387. The van der Waals surface area contributed by atoms with Gasteiger partial charge in [0.05, 0.1) is 11.0 Å². The number of nitrogens with zero attached hydrogens (tertiary/aromatic N) is 1. The predicted molar refractivity (Wildman–Crippen MR) is 99.8 cm³/mol. The molecule has 0 saturated carbocycles. The second kappa shape index (κ2) is 9.24. The van der Waals surface area contributed by atoms with Crippen molar-refractivity contribution in [1.29, 1.82) is 0 Å². The van der Waals surface area contributed by atoms with E-state index in [0.29, 0.717) is 5.69 Å². The summed E-state index contributed by atoms with van der Waals surface area (Å²) in [5, 5.41) is 24.0. The molecule has 1 atom stereocenters. The summed E-state index contributed by atoms with van der Waals surface area (Å²) in [6.07, 6.45) is 0.196. The summed E-state index contributed by atoms with van der Waals surface area (Å²) >= 11 is 0. The Morgan fingerprint density at radius 3 is 2.21 bits per heavy atom. The third-order valence-corrected chi connectivity index (χ3v) is 3.76. The molecule has 0 radical (unpaired) electrons. The van der Waals surface area contributed by atoms with Gasteiger partial charge in [0.1, 0.15) is 6.54 Å². The van der Waals surface area contributed by atoms with Gasteiger partial charge in [0.15, 0.2) is 0 Å². The zero-order chi connectivity index (χ0) is 20.7. The van der Waals surface area contributed by atoms with Gasteiger partial charge in [-0.25, -0.2) is 0 Å². The van der Waals surface area contributed by atoms with Gasteiger partial charge < -0.3 is 21.5 Å². The number of carbonyl (C=O) groups is 3. The summed E-state index contributed by atoms with van der Waals surface area (Å²) in [5.41, 5.74) is 7.13. The second-order valence-electron chi connectivity index (χ2n) is 5.88. The summed E-state index contributed by atoms with van der Waals surface area (Å²) < 4.78 is 0. The molecule has 0 aliphatic carbocycles. The zero-order valence-corrected chi connectivity index (χ0v) is 14.6. The molecule has 0 aliphatic heterocycles. The molecule has 10 heteroatoms. The number of hydrogen-bond donors (Lipinski definition) is 4. The van der Waals surface area contributed by atoms with Gasteiger partial charge in [0.25, 0.3) is 11.6 Å². The van der Waals surface area contributed by atoms with Crippen LogP contribution in [0.5, 0.6) is 0 Å². The van der Waals surface area contributed by atoms with E-state index in [1.165, 1.54) is 24.3 Å². The number of nitrogens with one attached hydrogen (secondary N) is 2. The van der Waals surface area contributed by atoms with Crippen molar-refractivity contribution in [3.63, 3.8) is 0 Å². The number of anilines is 1. The molecule has 5 N–H and O–H groups in total. The number of carboxylic acids is 1. The van der Waals surface area contributed by atoms with Crippen LogP contribution in [0.15, 0.2) is 48.5 Å². The van der Waals surface area contributed by atoms with Crippen LogP contribution in [0.1, 0.15) is 15.9 Å². The van der Waals surface area contributed by atoms with Crippen LogP contribution in [-0.4, -0.2) is 40.4 Å². The standard InChI is InChI=1S/C18H18N4O6/c19-15(18(26)20-10-16(23)24)9-11-1-5-13(6-2-11)21-17(25)12-3-7-14(8-4-12)22(27)28/h1-8,15H,9-10,19H2,(H,20,26)(H,21,25)(H,23,24). The van der Waals surface area contributed by atoms with Crippen LogP contribution >= 0.6 is 0 Å². The summed E-state index contributed by atoms with van der Waals surface area (Å²) in [5.74, 6) is -2.15. The van der Waals surface area contributed by atoms with Gasteiger partial charge in [-0.3, -0.25) is 24.5 Å². The zero-order valence-electron chi connectivity index (χ0n) is 14.6. The minimum absolute atomic E-state index is 0.107.